The summed E-state index contributed by atoms with van der Waals surface area (Å²) in [6.45, 7) is 4.39. The van der Waals surface area contributed by atoms with Crippen molar-refractivity contribution in [3.63, 3.8) is 0 Å². The van der Waals surface area contributed by atoms with Crippen LogP contribution in [-0.4, -0.2) is 50.7 Å². The van der Waals surface area contributed by atoms with Crippen molar-refractivity contribution in [1.29, 1.82) is 10.5 Å². The fourth-order valence-corrected chi connectivity index (χ4v) is 2.44. The molecule has 1 fully saturated rings. The summed E-state index contributed by atoms with van der Waals surface area (Å²) in [5, 5.41) is 18.4. The predicted octanol–water partition coefficient (Wildman–Crippen LogP) is 2.11. The lowest BCUT2D eigenvalue weighted by molar-refractivity contribution is 0.106. The van der Waals surface area contributed by atoms with Crippen molar-refractivity contribution in [3.8, 4) is 12.1 Å². The van der Waals surface area contributed by atoms with Crippen molar-refractivity contribution in [2.75, 3.05) is 40.9 Å². The van der Waals surface area contributed by atoms with Crippen LogP contribution < -0.4 is 0 Å². The molecule has 0 saturated carbocycles. The number of allylic oxidation sites excluding steroid dienone is 3. The van der Waals surface area contributed by atoms with Crippen LogP contribution in [0.25, 0.3) is 0 Å². The number of nitrogens with zero attached hydrogens (tertiary/aromatic N) is 4. The highest BCUT2D eigenvalue weighted by Crippen LogP contribution is 2.23. The molecule has 5 heteroatoms. The summed E-state index contributed by atoms with van der Waals surface area (Å²) in [5.74, 6) is 0.449. The second-order valence-electron chi connectivity index (χ2n) is 5.57. The molecule has 1 heterocycles. The van der Waals surface area contributed by atoms with E-state index >= 15 is 0 Å². The van der Waals surface area contributed by atoms with Gasteiger partial charge in [-0.25, -0.2) is 0 Å². The number of hydrogen-bond acceptors (Lipinski definition) is 5. The van der Waals surface area contributed by atoms with Crippen molar-refractivity contribution in [3.05, 3.63) is 23.0 Å². The number of ether oxygens (including phenoxy) is 1. The Kier molecular flexibility index (Phi) is 6.78. The van der Waals surface area contributed by atoms with Gasteiger partial charge < -0.3 is 14.5 Å². The molecule has 21 heavy (non-hydrogen) atoms. The van der Waals surface area contributed by atoms with Crippen LogP contribution in [0.3, 0.4) is 0 Å². The third-order valence-corrected chi connectivity index (χ3v) is 3.79. The normalized spacial score (nSPS) is 18.7. The van der Waals surface area contributed by atoms with Crippen molar-refractivity contribution in [2.45, 2.75) is 19.8 Å². The summed E-state index contributed by atoms with van der Waals surface area (Å²) in [7, 11) is 5.61. The van der Waals surface area contributed by atoms with E-state index in [-0.39, 0.29) is 5.57 Å². The molecule has 0 N–H and O–H groups in total. The van der Waals surface area contributed by atoms with Gasteiger partial charge in [-0.1, -0.05) is 0 Å². The molecule has 0 bridgehead atoms. The van der Waals surface area contributed by atoms with Crippen molar-refractivity contribution in [2.24, 2.45) is 5.92 Å². The second kappa shape index (κ2) is 8.34. The second-order valence-corrected chi connectivity index (χ2v) is 5.57. The zero-order chi connectivity index (χ0) is 15.8. The number of likely N-dealkylation sites (tertiary alicyclic amines) is 1. The van der Waals surface area contributed by atoms with Gasteiger partial charge >= 0.3 is 0 Å². The highest BCUT2D eigenvalue weighted by atomic mass is 16.5. The third-order valence-electron chi connectivity index (χ3n) is 3.79. The first-order chi connectivity index (χ1) is 10.0. The first-order valence-electron chi connectivity index (χ1n) is 7.17. The van der Waals surface area contributed by atoms with E-state index in [2.05, 4.69) is 4.90 Å². The van der Waals surface area contributed by atoms with E-state index in [9.17, 15) is 10.5 Å². The van der Waals surface area contributed by atoms with Gasteiger partial charge in [0.05, 0.1) is 12.3 Å². The van der Waals surface area contributed by atoms with E-state index in [0.717, 1.165) is 37.3 Å². The van der Waals surface area contributed by atoms with Crippen LogP contribution in [0.1, 0.15) is 19.8 Å². The van der Waals surface area contributed by atoms with Gasteiger partial charge in [0, 0.05) is 40.0 Å². The first kappa shape index (κ1) is 17.1. The number of piperidine rings is 1. The lowest BCUT2D eigenvalue weighted by Gasteiger charge is -2.35. The minimum Gasteiger partial charge on any atom is -0.384 e. The van der Waals surface area contributed by atoms with Gasteiger partial charge in [-0.3, -0.25) is 0 Å². The van der Waals surface area contributed by atoms with Crippen LogP contribution >= 0.6 is 0 Å². The fourth-order valence-electron chi connectivity index (χ4n) is 2.44. The molecule has 0 aliphatic carbocycles. The Labute approximate surface area is 127 Å². The van der Waals surface area contributed by atoms with Gasteiger partial charge in [-0.15, -0.1) is 0 Å². The molecule has 0 radical (unpaired) electrons. The van der Waals surface area contributed by atoms with Crippen LogP contribution in [0.5, 0.6) is 0 Å². The first-order valence-corrected chi connectivity index (χ1v) is 7.17. The summed E-state index contributed by atoms with van der Waals surface area (Å²) < 4.78 is 5.25. The Morgan fingerprint density at radius 2 is 2.05 bits per heavy atom. The Balaban J connectivity index is 3.09. The highest BCUT2D eigenvalue weighted by molar-refractivity contribution is 5.44. The number of rotatable bonds is 5. The van der Waals surface area contributed by atoms with Crippen molar-refractivity contribution < 1.29 is 4.74 Å². The predicted molar refractivity (Wildman–Crippen MR) is 81.9 cm³/mol. The standard InChI is InChI=1S/C16H24N4O/c1-13(19(2)3)8-16(15(9-17)10-18)20-7-5-6-14(11-20)12-21-4/h8,14H,5-7,11-12H2,1-4H3/b13-8+/t14-/m0/s1. The topological polar surface area (TPSA) is 63.3 Å². The quantitative estimate of drug-likeness (QED) is 0.572. The minimum atomic E-state index is 0.175. The van der Waals surface area contributed by atoms with Crippen LogP contribution in [-0.2, 0) is 4.74 Å². The van der Waals surface area contributed by atoms with Gasteiger partial charge in [-0.2, -0.15) is 10.5 Å². The van der Waals surface area contributed by atoms with Crippen LogP contribution in [0.15, 0.2) is 23.0 Å². The Morgan fingerprint density at radius 1 is 1.38 bits per heavy atom. The lowest BCUT2D eigenvalue weighted by Crippen LogP contribution is -2.36. The molecular formula is C16H24N4O. The van der Waals surface area contributed by atoms with Gasteiger partial charge in [0.2, 0.25) is 0 Å². The molecule has 5 nitrogen and oxygen atoms in total. The molecule has 0 amide bonds. The summed E-state index contributed by atoms with van der Waals surface area (Å²) in [4.78, 5) is 4.12. The third kappa shape index (κ3) is 4.81. The van der Waals surface area contributed by atoms with Crippen LogP contribution in [0.2, 0.25) is 0 Å². The number of nitriles is 2. The van der Waals surface area contributed by atoms with Crippen LogP contribution in [0, 0.1) is 28.6 Å². The average molecular weight is 288 g/mol. The molecule has 1 saturated heterocycles. The molecule has 1 aliphatic rings. The summed E-state index contributed by atoms with van der Waals surface area (Å²) in [6.07, 6.45) is 4.11. The fraction of sp³-hybridized carbons (Fsp3) is 0.625. The maximum atomic E-state index is 9.22. The Bertz CT molecular complexity index is 475. The molecule has 1 aliphatic heterocycles. The molecule has 114 valence electrons. The van der Waals surface area contributed by atoms with E-state index in [0.29, 0.717) is 12.5 Å². The maximum absolute atomic E-state index is 9.22. The maximum Gasteiger partial charge on any atom is 0.152 e. The molecule has 0 aromatic carbocycles. The zero-order valence-corrected chi connectivity index (χ0v) is 13.4. The van der Waals surface area contributed by atoms with Crippen molar-refractivity contribution in [1.82, 2.24) is 9.80 Å². The highest BCUT2D eigenvalue weighted by Gasteiger charge is 2.23. The van der Waals surface area contributed by atoms with Crippen molar-refractivity contribution >= 4 is 0 Å². The van der Waals surface area contributed by atoms with E-state index in [1.807, 2.05) is 44.1 Å². The minimum absolute atomic E-state index is 0.175. The molecule has 0 aromatic heterocycles. The lowest BCUT2D eigenvalue weighted by atomic mass is 9.97. The Morgan fingerprint density at radius 3 is 2.57 bits per heavy atom. The molecule has 0 aromatic rings. The van der Waals surface area contributed by atoms with E-state index < -0.39 is 0 Å². The monoisotopic (exact) mass is 288 g/mol. The number of methoxy groups -OCH3 is 1. The molecule has 0 spiro atoms. The number of hydrogen-bond donors (Lipinski definition) is 0. The smallest absolute Gasteiger partial charge is 0.152 e. The van der Waals surface area contributed by atoms with Gasteiger partial charge in [0.15, 0.2) is 5.57 Å². The molecule has 1 rings (SSSR count). The van der Waals surface area contributed by atoms with Gasteiger partial charge in [-0.05, 0) is 31.8 Å². The molecule has 0 unspecified atom stereocenters. The summed E-state index contributed by atoms with van der Waals surface area (Å²) >= 11 is 0. The largest absolute Gasteiger partial charge is 0.384 e. The average Bonchev–Trinajstić information content (AvgIpc) is 2.47. The Hall–Kier alpha value is -1.98. The molecule has 1 atom stereocenters. The zero-order valence-electron chi connectivity index (χ0n) is 13.4. The summed E-state index contributed by atoms with van der Waals surface area (Å²) in [5.41, 5.74) is 1.92. The summed E-state index contributed by atoms with van der Waals surface area (Å²) in [6, 6.07) is 4.05. The SMILES string of the molecule is COC[C@H]1CCCN(C(/C=C(\C)N(C)C)=C(C#N)C#N)C1. The molecular weight excluding hydrogens is 264 g/mol. The van der Waals surface area contributed by atoms with E-state index in [1.54, 1.807) is 7.11 Å². The van der Waals surface area contributed by atoms with Crippen LogP contribution in [0.4, 0.5) is 0 Å². The van der Waals surface area contributed by atoms with E-state index in [1.165, 1.54) is 0 Å². The van der Waals surface area contributed by atoms with Gasteiger partial charge in [0.1, 0.15) is 12.1 Å². The van der Waals surface area contributed by atoms with E-state index in [4.69, 9.17) is 4.74 Å². The van der Waals surface area contributed by atoms with Gasteiger partial charge in [0.25, 0.3) is 0 Å².